The van der Waals surface area contributed by atoms with E-state index in [0.717, 1.165) is 11.1 Å². The molecule has 21 heavy (non-hydrogen) atoms. The molecule has 4 nitrogen and oxygen atoms in total. The summed E-state index contributed by atoms with van der Waals surface area (Å²) in [6.07, 6.45) is 0. The van der Waals surface area contributed by atoms with Crippen LogP contribution in [0.1, 0.15) is 11.1 Å². The number of hydrogen-bond donors (Lipinski definition) is 1. The van der Waals surface area contributed by atoms with Crippen LogP contribution >= 0.6 is 11.6 Å². The summed E-state index contributed by atoms with van der Waals surface area (Å²) in [4.78, 5) is 0.0919. The topological polar surface area (TPSA) is 55.4 Å². The Hall–Kier alpha value is -1.72. The van der Waals surface area contributed by atoms with Crippen molar-refractivity contribution in [2.45, 2.75) is 18.7 Å². The summed E-state index contributed by atoms with van der Waals surface area (Å²) in [5.41, 5.74) is 2.46. The second-order valence-electron chi connectivity index (χ2n) is 4.65. The van der Waals surface area contributed by atoms with E-state index in [0.29, 0.717) is 11.4 Å². The Morgan fingerprint density at radius 2 is 1.86 bits per heavy atom. The standard InChI is InChI=1S/C15H16ClNO3S/c1-10-5-4-6-14(11(10)2)17-21(18,19)12-7-8-15(20-3)13(16)9-12/h4-9,17H,1-3H3. The van der Waals surface area contributed by atoms with E-state index < -0.39 is 10.0 Å². The van der Waals surface area contributed by atoms with E-state index in [2.05, 4.69) is 4.72 Å². The Morgan fingerprint density at radius 3 is 2.48 bits per heavy atom. The number of ether oxygens (including phenoxy) is 1. The van der Waals surface area contributed by atoms with Crippen LogP contribution in [-0.2, 0) is 10.0 Å². The monoisotopic (exact) mass is 325 g/mol. The second kappa shape index (κ2) is 5.95. The average molecular weight is 326 g/mol. The fourth-order valence-electron chi connectivity index (χ4n) is 1.88. The number of hydrogen-bond acceptors (Lipinski definition) is 3. The van der Waals surface area contributed by atoms with E-state index in [9.17, 15) is 8.42 Å². The van der Waals surface area contributed by atoms with Gasteiger partial charge in [-0.25, -0.2) is 8.42 Å². The number of aryl methyl sites for hydroxylation is 1. The highest BCUT2D eigenvalue weighted by Gasteiger charge is 2.17. The molecule has 0 saturated carbocycles. The lowest BCUT2D eigenvalue weighted by Crippen LogP contribution is -2.14. The van der Waals surface area contributed by atoms with E-state index in [1.54, 1.807) is 12.1 Å². The molecule has 0 fully saturated rings. The molecule has 112 valence electrons. The highest BCUT2D eigenvalue weighted by Crippen LogP contribution is 2.28. The molecular weight excluding hydrogens is 310 g/mol. The fraction of sp³-hybridized carbons (Fsp3) is 0.200. The molecule has 0 aliphatic heterocycles. The van der Waals surface area contributed by atoms with Gasteiger partial charge in [0.2, 0.25) is 0 Å². The Kier molecular flexibility index (Phi) is 4.44. The molecule has 2 rings (SSSR count). The van der Waals surface area contributed by atoms with Gasteiger partial charge in [-0.15, -0.1) is 0 Å². The number of rotatable bonds is 4. The van der Waals surface area contributed by atoms with Gasteiger partial charge in [-0.2, -0.15) is 0 Å². The molecule has 0 heterocycles. The molecule has 2 aromatic rings. The van der Waals surface area contributed by atoms with Crippen LogP contribution in [0.25, 0.3) is 0 Å². The van der Waals surface area contributed by atoms with Gasteiger partial charge in [-0.05, 0) is 49.2 Å². The van der Waals surface area contributed by atoms with Gasteiger partial charge in [0, 0.05) is 0 Å². The Morgan fingerprint density at radius 1 is 1.14 bits per heavy atom. The highest BCUT2D eigenvalue weighted by molar-refractivity contribution is 7.92. The molecule has 0 saturated heterocycles. The summed E-state index contributed by atoms with van der Waals surface area (Å²) in [7, 11) is -2.21. The van der Waals surface area contributed by atoms with E-state index in [4.69, 9.17) is 16.3 Å². The second-order valence-corrected chi connectivity index (χ2v) is 6.74. The van der Waals surface area contributed by atoms with Gasteiger partial charge in [0.05, 0.1) is 22.7 Å². The molecule has 0 radical (unpaired) electrons. The summed E-state index contributed by atoms with van der Waals surface area (Å²) in [6.45, 7) is 3.80. The maximum Gasteiger partial charge on any atom is 0.261 e. The van der Waals surface area contributed by atoms with Crippen molar-refractivity contribution in [1.29, 1.82) is 0 Å². The summed E-state index contributed by atoms with van der Waals surface area (Å²) in [5, 5.41) is 0.251. The molecule has 0 aliphatic rings. The first-order valence-electron chi connectivity index (χ1n) is 6.27. The van der Waals surface area contributed by atoms with Crippen molar-refractivity contribution in [3.8, 4) is 5.75 Å². The van der Waals surface area contributed by atoms with E-state index >= 15 is 0 Å². The predicted molar refractivity (Wildman–Crippen MR) is 84.7 cm³/mol. The molecule has 0 unspecified atom stereocenters. The lowest BCUT2D eigenvalue weighted by molar-refractivity contribution is 0.414. The van der Waals surface area contributed by atoms with Crippen molar-refractivity contribution in [1.82, 2.24) is 0 Å². The molecular formula is C15H16ClNO3S. The minimum Gasteiger partial charge on any atom is -0.495 e. The highest BCUT2D eigenvalue weighted by atomic mass is 35.5. The van der Waals surface area contributed by atoms with Crippen LogP contribution in [-0.4, -0.2) is 15.5 Å². The summed E-state index contributed by atoms with van der Waals surface area (Å²) in [6, 6.07) is 9.82. The number of nitrogens with one attached hydrogen (secondary N) is 1. The van der Waals surface area contributed by atoms with Crippen molar-refractivity contribution in [3.63, 3.8) is 0 Å². The van der Waals surface area contributed by atoms with Crippen LogP contribution in [0, 0.1) is 13.8 Å². The molecule has 0 aromatic heterocycles. The van der Waals surface area contributed by atoms with Crippen molar-refractivity contribution in [2.75, 3.05) is 11.8 Å². The van der Waals surface area contributed by atoms with Crippen molar-refractivity contribution >= 4 is 27.3 Å². The van der Waals surface area contributed by atoms with Crippen molar-refractivity contribution in [3.05, 3.63) is 52.5 Å². The minimum absolute atomic E-state index is 0.0919. The third-order valence-corrected chi connectivity index (χ3v) is 4.94. The molecule has 2 aromatic carbocycles. The lowest BCUT2D eigenvalue weighted by Gasteiger charge is -2.13. The summed E-state index contributed by atoms with van der Waals surface area (Å²) in [5.74, 6) is 0.433. The third-order valence-electron chi connectivity index (χ3n) is 3.28. The maximum absolute atomic E-state index is 12.4. The number of sulfonamides is 1. The number of halogens is 1. The quantitative estimate of drug-likeness (QED) is 0.931. The zero-order valence-electron chi connectivity index (χ0n) is 12.0. The van der Waals surface area contributed by atoms with Crippen LogP contribution in [0.15, 0.2) is 41.3 Å². The van der Waals surface area contributed by atoms with Crippen LogP contribution in [0.2, 0.25) is 5.02 Å². The fourth-order valence-corrected chi connectivity index (χ4v) is 3.35. The molecule has 0 bridgehead atoms. The normalized spacial score (nSPS) is 11.2. The summed E-state index contributed by atoms with van der Waals surface area (Å²) < 4.78 is 32.4. The minimum atomic E-state index is -3.69. The van der Waals surface area contributed by atoms with Crippen LogP contribution in [0.3, 0.4) is 0 Å². The van der Waals surface area contributed by atoms with Gasteiger partial charge < -0.3 is 4.74 Å². The van der Waals surface area contributed by atoms with E-state index in [-0.39, 0.29) is 9.92 Å². The number of anilines is 1. The van der Waals surface area contributed by atoms with Crippen LogP contribution < -0.4 is 9.46 Å². The molecule has 6 heteroatoms. The van der Waals surface area contributed by atoms with Gasteiger partial charge in [0.1, 0.15) is 5.75 Å². The number of methoxy groups -OCH3 is 1. The molecule has 1 N–H and O–H groups in total. The maximum atomic E-state index is 12.4. The summed E-state index contributed by atoms with van der Waals surface area (Å²) >= 11 is 5.98. The third kappa shape index (κ3) is 3.31. The van der Waals surface area contributed by atoms with E-state index in [1.807, 2.05) is 19.9 Å². The van der Waals surface area contributed by atoms with Crippen LogP contribution in [0.4, 0.5) is 5.69 Å². The van der Waals surface area contributed by atoms with Gasteiger partial charge in [-0.3, -0.25) is 4.72 Å². The van der Waals surface area contributed by atoms with Gasteiger partial charge in [0.15, 0.2) is 0 Å². The SMILES string of the molecule is COc1ccc(S(=O)(=O)Nc2cccc(C)c2C)cc1Cl. The lowest BCUT2D eigenvalue weighted by atomic mass is 10.1. The van der Waals surface area contributed by atoms with E-state index in [1.165, 1.54) is 25.3 Å². The first-order chi connectivity index (χ1) is 9.85. The first kappa shape index (κ1) is 15.7. The van der Waals surface area contributed by atoms with Gasteiger partial charge in [0.25, 0.3) is 10.0 Å². The Bertz CT molecular complexity index is 772. The molecule has 0 amide bonds. The average Bonchev–Trinajstić information content (AvgIpc) is 2.43. The van der Waals surface area contributed by atoms with Crippen molar-refractivity contribution < 1.29 is 13.2 Å². The number of benzene rings is 2. The van der Waals surface area contributed by atoms with Gasteiger partial charge in [-0.1, -0.05) is 23.7 Å². The van der Waals surface area contributed by atoms with Crippen LogP contribution in [0.5, 0.6) is 5.75 Å². The zero-order chi connectivity index (χ0) is 15.6. The first-order valence-corrected chi connectivity index (χ1v) is 8.14. The van der Waals surface area contributed by atoms with Crippen molar-refractivity contribution in [2.24, 2.45) is 0 Å². The van der Waals surface area contributed by atoms with Gasteiger partial charge >= 0.3 is 0 Å². The molecule has 0 atom stereocenters. The Balaban J connectivity index is 2.39. The molecule has 0 aliphatic carbocycles. The predicted octanol–water partition coefficient (Wildman–Crippen LogP) is 3.77. The zero-order valence-corrected chi connectivity index (χ0v) is 13.5. The Labute approximate surface area is 129 Å². The smallest absolute Gasteiger partial charge is 0.261 e. The largest absolute Gasteiger partial charge is 0.495 e. The molecule has 0 spiro atoms.